The van der Waals surface area contributed by atoms with E-state index in [1.807, 2.05) is 23.1 Å². The van der Waals surface area contributed by atoms with Gasteiger partial charge >= 0.3 is 0 Å². The number of aromatic nitrogens is 2. The van der Waals surface area contributed by atoms with Crippen LogP contribution < -0.4 is 4.74 Å². The quantitative estimate of drug-likeness (QED) is 0.412. The van der Waals surface area contributed by atoms with Crippen molar-refractivity contribution in [2.75, 3.05) is 13.7 Å². The summed E-state index contributed by atoms with van der Waals surface area (Å²) in [4.78, 5) is 19.7. The summed E-state index contributed by atoms with van der Waals surface area (Å²) >= 11 is 0. The summed E-state index contributed by atoms with van der Waals surface area (Å²) in [5.41, 5.74) is 1.95. The summed E-state index contributed by atoms with van der Waals surface area (Å²) in [5.74, 6) is 0.384. The van der Waals surface area contributed by atoms with Crippen molar-refractivity contribution in [1.82, 2.24) is 14.5 Å². The molecule has 1 amide bonds. The van der Waals surface area contributed by atoms with E-state index in [1.54, 1.807) is 54.3 Å². The molecule has 36 heavy (non-hydrogen) atoms. The zero-order valence-corrected chi connectivity index (χ0v) is 21.2. The van der Waals surface area contributed by atoms with Gasteiger partial charge in [0.25, 0.3) is 5.91 Å². The molecule has 1 aromatic heterocycles. The molecule has 2 fully saturated rings. The standard InChI is InChI=1S/C27H31N3O5S/c1-34-24-10-5-9-21(15-24)26(31)29(22-12-13-22)17-23-16-28-27(30(23)18-25-11-6-14-35-25)36(32,33)19-20-7-3-2-4-8-20/h2-5,7-10,15-16,22,25H,6,11-14,17-19H2,1H3/t25-/m1/s1. The second-order valence-corrected chi connectivity index (χ2v) is 11.3. The maximum Gasteiger partial charge on any atom is 0.254 e. The number of methoxy groups -OCH3 is 1. The monoisotopic (exact) mass is 509 g/mol. The molecule has 1 aliphatic carbocycles. The first-order valence-corrected chi connectivity index (χ1v) is 14.0. The number of amides is 1. The third-order valence-corrected chi connectivity index (χ3v) is 8.28. The SMILES string of the molecule is COc1cccc(C(=O)N(Cc2cnc(S(=O)(=O)Cc3ccccc3)n2C[C@H]2CCCO2)C2CC2)c1. The van der Waals surface area contributed by atoms with Crippen molar-refractivity contribution in [2.45, 2.75) is 61.8 Å². The minimum absolute atomic E-state index is 0.0291. The summed E-state index contributed by atoms with van der Waals surface area (Å²) in [6.07, 6.45) is 5.19. The van der Waals surface area contributed by atoms with Gasteiger partial charge in [0.15, 0.2) is 0 Å². The van der Waals surface area contributed by atoms with Gasteiger partial charge in [-0.25, -0.2) is 13.4 Å². The van der Waals surface area contributed by atoms with Gasteiger partial charge < -0.3 is 18.9 Å². The lowest BCUT2D eigenvalue weighted by molar-refractivity contribution is 0.0718. The Labute approximate surface area is 211 Å². The van der Waals surface area contributed by atoms with Gasteiger partial charge in [-0.15, -0.1) is 0 Å². The van der Waals surface area contributed by atoms with E-state index in [9.17, 15) is 13.2 Å². The Morgan fingerprint density at radius 2 is 1.94 bits per heavy atom. The van der Waals surface area contributed by atoms with Gasteiger partial charge in [-0.2, -0.15) is 0 Å². The molecule has 2 aliphatic rings. The minimum Gasteiger partial charge on any atom is -0.497 e. The van der Waals surface area contributed by atoms with Gasteiger partial charge in [0.2, 0.25) is 15.0 Å². The van der Waals surface area contributed by atoms with Gasteiger partial charge in [-0.05, 0) is 49.4 Å². The van der Waals surface area contributed by atoms with Crippen molar-refractivity contribution in [3.05, 3.63) is 77.6 Å². The van der Waals surface area contributed by atoms with Crippen LogP contribution in [-0.2, 0) is 33.4 Å². The number of nitrogens with zero attached hydrogens (tertiary/aromatic N) is 3. The Kier molecular flexibility index (Phi) is 7.11. The molecule has 1 saturated carbocycles. The van der Waals surface area contributed by atoms with E-state index in [0.717, 1.165) is 25.7 Å². The predicted octanol–water partition coefficient (Wildman–Crippen LogP) is 3.85. The number of imidazole rings is 1. The van der Waals surface area contributed by atoms with Crippen LogP contribution in [0.15, 0.2) is 66.0 Å². The summed E-state index contributed by atoms with van der Waals surface area (Å²) in [6.45, 7) is 1.34. The largest absolute Gasteiger partial charge is 0.497 e. The number of sulfone groups is 1. The number of hydrogen-bond acceptors (Lipinski definition) is 6. The van der Waals surface area contributed by atoms with E-state index < -0.39 is 9.84 Å². The molecular weight excluding hydrogens is 478 g/mol. The third kappa shape index (κ3) is 5.47. The summed E-state index contributed by atoms with van der Waals surface area (Å²) < 4.78 is 39.8. The molecule has 1 saturated heterocycles. The smallest absolute Gasteiger partial charge is 0.254 e. The van der Waals surface area contributed by atoms with Crippen LogP contribution in [0.3, 0.4) is 0 Å². The second-order valence-electron chi connectivity index (χ2n) is 9.42. The van der Waals surface area contributed by atoms with E-state index in [-0.39, 0.29) is 35.5 Å². The lowest BCUT2D eigenvalue weighted by atomic mass is 10.1. The molecule has 3 aromatic rings. The minimum atomic E-state index is -3.71. The fourth-order valence-electron chi connectivity index (χ4n) is 4.66. The maximum absolute atomic E-state index is 13.5. The number of benzene rings is 2. The Bertz CT molecular complexity index is 1310. The molecule has 0 spiro atoms. The molecule has 0 N–H and O–H groups in total. The van der Waals surface area contributed by atoms with Crippen molar-refractivity contribution in [3.8, 4) is 5.75 Å². The van der Waals surface area contributed by atoms with Crippen molar-refractivity contribution < 1.29 is 22.7 Å². The summed E-state index contributed by atoms with van der Waals surface area (Å²) in [6, 6.07) is 16.3. The van der Waals surface area contributed by atoms with Crippen molar-refractivity contribution >= 4 is 15.7 Å². The average Bonchev–Trinajstić information content (AvgIpc) is 3.44. The third-order valence-electron chi connectivity index (χ3n) is 6.69. The number of rotatable bonds is 10. The number of ether oxygens (including phenoxy) is 2. The Balaban J connectivity index is 1.46. The molecule has 0 radical (unpaired) electrons. The molecule has 2 heterocycles. The first-order chi connectivity index (χ1) is 17.4. The first-order valence-electron chi connectivity index (χ1n) is 12.3. The van der Waals surface area contributed by atoms with Crippen molar-refractivity contribution in [3.63, 3.8) is 0 Å². The number of carbonyl (C=O) groups is 1. The van der Waals surface area contributed by atoms with Crippen LogP contribution in [-0.4, -0.2) is 54.6 Å². The second kappa shape index (κ2) is 10.4. The van der Waals surface area contributed by atoms with Crippen LogP contribution in [0.5, 0.6) is 5.75 Å². The lowest BCUT2D eigenvalue weighted by Gasteiger charge is -2.24. The number of hydrogen-bond donors (Lipinski definition) is 0. The normalized spacial score (nSPS) is 17.8. The van der Waals surface area contributed by atoms with E-state index in [2.05, 4.69) is 4.98 Å². The van der Waals surface area contributed by atoms with E-state index in [0.29, 0.717) is 35.7 Å². The molecule has 2 aromatic carbocycles. The molecule has 8 nitrogen and oxygen atoms in total. The fourth-order valence-corrected chi connectivity index (χ4v) is 6.16. The molecule has 1 atom stereocenters. The van der Waals surface area contributed by atoms with E-state index in [1.165, 1.54) is 0 Å². The van der Waals surface area contributed by atoms with Crippen LogP contribution in [0.4, 0.5) is 0 Å². The highest BCUT2D eigenvalue weighted by Gasteiger charge is 2.35. The molecular formula is C27H31N3O5S. The molecule has 190 valence electrons. The first kappa shape index (κ1) is 24.5. The van der Waals surface area contributed by atoms with E-state index >= 15 is 0 Å². The molecule has 9 heteroatoms. The highest BCUT2D eigenvalue weighted by atomic mass is 32.2. The van der Waals surface area contributed by atoms with Crippen LogP contribution in [0.25, 0.3) is 0 Å². The summed E-state index contributed by atoms with van der Waals surface area (Å²) in [7, 11) is -2.14. The predicted molar refractivity (Wildman–Crippen MR) is 134 cm³/mol. The maximum atomic E-state index is 13.5. The van der Waals surface area contributed by atoms with Gasteiger partial charge in [-0.3, -0.25) is 4.79 Å². The van der Waals surface area contributed by atoms with Crippen LogP contribution >= 0.6 is 0 Å². The molecule has 1 aliphatic heterocycles. The fraction of sp³-hybridized carbons (Fsp3) is 0.407. The Morgan fingerprint density at radius 3 is 2.64 bits per heavy atom. The highest BCUT2D eigenvalue weighted by molar-refractivity contribution is 7.90. The summed E-state index contributed by atoms with van der Waals surface area (Å²) in [5, 5.41) is 0.0291. The van der Waals surface area contributed by atoms with Crippen molar-refractivity contribution in [2.24, 2.45) is 0 Å². The zero-order valence-electron chi connectivity index (χ0n) is 20.4. The van der Waals surface area contributed by atoms with Crippen LogP contribution in [0, 0.1) is 0 Å². The van der Waals surface area contributed by atoms with Crippen LogP contribution in [0.1, 0.15) is 47.3 Å². The highest BCUT2D eigenvalue weighted by Crippen LogP contribution is 2.31. The van der Waals surface area contributed by atoms with Crippen LogP contribution in [0.2, 0.25) is 0 Å². The molecule has 5 rings (SSSR count). The Hall–Kier alpha value is -3.17. The van der Waals surface area contributed by atoms with Gasteiger partial charge in [0, 0.05) is 18.2 Å². The molecule has 0 bridgehead atoms. The van der Waals surface area contributed by atoms with Gasteiger partial charge in [0.05, 0.1) is 43.9 Å². The van der Waals surface area contributed by atoms with Gasteiger partial charge in [0.1, 0.15) is 5.75 Å². The average molecular weight is 510 g/mol. The topological polar surface area (TPSA) is 90.7 Å². The van der Waals surface area contributed by atoms with Crippen molar-refractivity contribution in [1.29, 1.82) is 0 Å². The molecule has 0 unspecified atom stereocenters. The Morgan fingerprint density at radius 1 is 1.14 bits per heavy atom. The lowest BCUT2D eigenvalue weighted by Crippen LogP contribution is -2.34. The number of carbonyl (C=O) groups excluding carboxylic acids is 1. The zero-order chi connectivity index (χ0) is 25.1. The van der Waals surface area contributed by atoms with Gasteiger partial charge in [-0.1, -0.05) is 36.4 Å². The van der Waals surface area contributed by atoms with E-state index in [4.69, 9.17) is 9.47 Å².